The molecule has 1 N–H and O–H groups in total. The van der Waals surface area contributed by atoms with E-state index in [1.54, 1.807) is 11.4 Å². The molecule has 0 spiro atoms. The number of nitrogens with zero attached hydrogens (tertiary/aromatic N) is 1. The summed E-state index contributed by atoms with van der Waals surface area (Å²) in [6.07, 6.45) is 4.12. The summed E-state index contributed by atoms with van der Waals surface area (Å²) >= 11 is 0. The zero-order chi connectivity index (χ0) is 14.4. The second-order valence-electron chi connectivity index (χ2n) is 4.99. The fraction of sp³-hybridized carbons (Fsp3) is 0.571. The second kappa shape index (κ2) is 7.06. The second-order valence-corrected chi connectivity index (χ2v) is 6.75. The first kappa shape index (κ1) is 15.3. The van der Waals surface area contributed by atoms with Crippen molar-refractivity contribution in [2.45, 2.75) is 32.2 Å². The van der Waals surface area contributed by atoms with Gasteiger partial charge in [-0.1, -0.05) is 25.0 Å². The van der Waals surface area contributed by atoms with Crippen molar-refractivity contribution < 1.29 is 13.2 Å². The predicted octanol–water partition coefficient (Wildman–Crippen LogP) is 1.91. The number of benzene rings is 1. The van der Waals surface area contributed by atoms with E-state index in [-0.39, 0.29) is 6.54 Å². The van der Waals surface area contributed by atoms with Crippen LogP contribution in [0, 0.1) is 0 Å². The van der Waals surface area contributed by atoms with Gasteiger partial charge in [0.2, 0.25) is 0 Å². The van der Waals surface area contributed by atoms with Crippen molar-refractivity contribution in [3.05, 3.63) is 29.8 Å². The molecule has 0 atom stereocenters. The summed E-state index contributed by atoms with van der Waals surface area (Å²) in [7, 11) is -1.78. The van der Waals surface area contributed by atoms with E-state index in [0.29, 0.717) is 13.1 Å². The molecule has 0 aliphatic carbocycles. The molecule has 0 bridgehead atoms. The standard InChI is InChI=1S/C14H22N2O3S/c1-19-14-8-6-7-13(11-14)12-15-20(17,18)16-9-4-2-3-5-10-16/h6-8,11,15H,2-5,9-10,12H2,1H3. The smallest absolute Gasteiger partial charge is 0.279 e. The Hall–Kier alpha value is -1.11. The fourth-order valence-corrected chi connectivity index (χ4v) is 3.60. The summed E-state index contributed by atoms with van der Waals surface area (Å²) < 4.78 is 33.9. The lowest BCUT2D eigenvalue weighted by Gasteiger charge is -2.20. The van der Waals surface area contributed by atoms with E-state index in [1.807, 2.05) is 24.3 Å². The molecule has 1 aromatic rings. The minimum absolute atomic E-state index is 0.288. The molecule has 1 saturated heterocycles. The van der Waals surface area contributed by atoms with Gasteiger partial charge in [-0.2, -0.15) is 17.4 Å². The lowest BCUT2D eigenvalue weighted by atomic mass is 10.2. The molecule has 0 saturated carbocycles. The van der Waals surface area contributed by atoms with Gasteiger partial charge < -0.3 is 4.74 Å². The van der Waals surface area contributed by atoms with Gasteiger partial charge in [0.25, 0.3) is 10.2 Å². The average Bonchev–Trinajstić information content (AvgIpc) is 2.75. The molecule has 1 aliphatic rings. The van der Waals surface area contributed by atoms with Crippen LogP contribution in [0.2, 0.25) is 0 Å². The van der Waals surface area contributed by atoms with E-state index < -0.39 is 10.2 Å². The highest BCUT2D eigenvalue weighted by atomic mass is 32.2. The highest BCUT2D eigenvalue weighted by Crippen LogP contribution is 2.15. The maximum absolute atomic E-state index is 12.2. The van der Waals surface area contributed by atoms with Crippen molar-refractivity contribution in [1.82, 2.24) is 9.03 Å². The first-order valence-electron chi connectivity index (χ1n) is 6.99. The number of methoxy groups -OCH3 is 1. The zero-order valence-electron chi connectivity index (χ0n) is 11.8. The third-order valence-electron chi connectivity index (χ3n) is 3.50. The molecular weight excluding hydrogens is 276 g/mol. The molecule has 1 fully saturated rings. The van der Waals surface area contributed by atoms with Crippen LogP contribution in [-0.2, 0) is 16.8 Å². The van der Waals surface area contributed by atoms with E-state index in [0.717, 1.165) is 37.0 Å². The van der Waals surface area contributed by atoms with Crippen molar-refractivity contribution in [3.8, 4) is 5.75 Å². The number of rotatable bonds is 5. The Morgan fingerprint density at radius 2 is 1.90 bits per heavy atom. The van der Waals surface area contributed by atoms with Crippen LogP contribution in [0.25, 0.3) is 0 Å². The number of nitrogens with one attached hydrogen (secondary N) is 1. The predicted molar refractivity (Wildman–Crippen MR) is 78.8 cm³/mol. The Kier molecular flexibility index (Phi) is 5.39. The molecule has 0 aromatic heterocycles. The zero-order valence-corrected chi connectivity index (χ0v) is 12.7. The van der Waals surface area contributed by atoms with Gasteiger partial charge >= 0.3 is 0 Å². The normalized spacial score (nSPS) is 17.6. The molecule has 6 heteroatoms. The molecular formula is C14H22N2O3S. The molecule has 20 heavy (non-hydrogen) atoms. The van der Waals surface area contributed by atoms with Crippen molar-refractivity contribution in [2.24, 2.45) is 0 Å². The number of hydrogen-bond donors (Lipinski definition) is 1. The maximum atomic E-state index is 12.2. The Morgan fingerprint density at radius 1 is 1.20 bits per heavy atom. The molecule has 1 aliphatic heterocycles. The molecule has 1 heterocycles. The first-order chi connectivity index (χ1) is 9.62. The van der Waals surface area contributed by atoms with Crippen LogP contribution in [0.1, 0.15) is 31.2 Å². The summed E-state index contributed by atoms with van der Waals surface area (Å²) in [6, 6.07) is 7.42. The molecule has 1 aromatic carbocycles. The van der Waals surface area contributed by atoms with Crippen LogP contribution in [0.5, 0.6) is 5.75 Å². The number of ether oxygens (including phenoxy) is 1. The summed E-state index contributed by atoms with van der Waals surface area (Å²) in [6.45, 7) is 1.52. The van der Waals surface area contributed by atoms with Gasteiger partial charge in [-0.3, -0.25) is 0 Å². The first-order valence-corrected chi connectivity index (χ1v) is 8.43. The van der Waals surface area contributed by atoms with Crippen LogP contribution in [0.3, 0.4) is 0 Å². The minimum atomic E-state index is -3.38. The van der Waals surface area contributed by atoms with Crippen LogP contribution in [0.15, 0.2) is 24.3 Å². The van der Waals surface area contributed by atoms with Gasteiger partial charge in [-0.25, -0.2) is 0 Å². The lowest BCUT2D eigenvalue weighted by molar-refractivity contribution is 0.411. The van der Waals surface area contributed by atoms with Crippen molar-refractivity contribution in [2.75, 3.05) is 20.2 Å². The molecule has 0 unspecified atom stereocenters. The Balaban J connectivity index is 1.97. The lowest BCUT2D eigenvalue weighted by Crippen LogP contribution is -2.40. The van der Waals surface area contributed by atoms with E-state index in [1.165, 1.54) is 0 Å². The quantitative estimate of drug-likeness (QED) is 0.903. The monoisotopic (exact) mass is 298 g/mol. The third kappa shape index (κ3) is 4.19. The average molecular weight is 298 g/mol. The Morgan fingerprint density at radius 3 is 2.55 bits per heavy atom. The van der Waals surface area contributed by atoms with Gasteiger partial charge in [-0.05, 0) is 30.5 Å². The molecule has 5 nitrogen and oxygen atoms in total. The van der Waals surface area contributed by atoms with Crippen molar-refractivity contribution in [3.63, 3.8) is 0 Å². The third-order valence-corrected chi connectivity index (χ3v) is 5.05. The van der Waals surface area contributed by atoms with E-state index in [2.05, 4.69) is 4.72 Å². The van der Waals surface area contributed by atoms with Gasteiger partial charge in [0.05, 0.1) is 7.11 Å². The topological polar surface area (TPSA) is 58.6 Å². The van der Waals surface area contributed by atoms with Crippen LogP contribution in [0.4, 0.5) is 0 Å². The fourth-order valence-electron chi connectivity index (χ4n) is 2.33. The largest absolute Gasteiger partial charge is 0.497 e. The summed E-state index contributed by atoms with van der Waals surface area (Å²) in [5.74, 6) is 0.733. The van der Waals surface area contributed by atoms with E-state index in [9.17, 15) is 8.42 Å². The van der Waals surface area contributed by atoms with Crippen LogP contribution in [-0.4, -0.2) is 32.9 Å². The summed E-state index contributed by atoms with van der Waals surface area (Å²) in [4.78, 5) is 0. The molecule has 112 valence electrons. The summed E-state index contributed by atoms with van der Waals surface area (Å²) in [5.41, 5.74) is 0.891. The van der Waals surface area contributed by atoms with Gasteiger partial charge in [-0.15, -0.1) is 0 Å². The maximum Gasteiger partial charge on any atom is 0.279 e. The SMILES string of the molecule is COc1cccc(CNS(=O)(=O)N2CCCCCC2)c1. The minimum Gasteiger partial charge on any atom is -0.497 e. The van der Waals surface area contributed by atoms with Gasteiger partial charge in [0, 0.05) is 19.6 Å². The van der Waals surface area contributed by atoms with Gasteiger partial charge in [0.1, 0.15) is 5.75 Å². The highest BCUT2D eigenvalue weighted by Gasteiger charge is 2.22. The van der Waals surface area contributed by atoms with Crippen LogP contribution < -0.4 is 9.46 Å². The molecule has 0 amide bonds. The number of hydrogen-bond acceptors (Lipinski definition) is 3. The molecule has 0 radical (unpaired) electrons. The van der Waals surface area contributed by atoms with E-state index >= 15 is 0 Å². The van der Waals surface area contributed by atoms with E-state index in [4.69, 9.17) is 4.74 Å². The Bertz CT molecular complexity index is 523. The Labute approximate surface area is 121 Å². The molecule has 2 rings (SSSR count). The van der Waals surface area contributed by atoms with Crippen molar-refractivity contribution in [1.29, 1.82) is 0 Å². The van der Waals surface area contributed by atoms with Crippen LogP contribution >= 0.6 is 0 Å². The highest BCUT2D eigenvalue weighted by molar-refractivity contribution is 7.87. The summed E-state index contributed by atoms with van der Waals surface area (Å²) in [5, 5.41) is 0. The van der Waals surface area contributed by atoms with Gasteiger partial charge in [0.15, 0.2) is 0 Å². The van der Waals surface area contributed by atoms with Crippen molar-refractivity contribution >= 4 is 10.2 Å².